The van der Waals surface area contributed by atoms with Gasteiger partial charge in [-0.3, -0.25) is 9.59 Å². The molecule has 0 aliphatic carbocycles. The monoisotopic (exact) mass is 457 g/mol. The number of amides is 3. The van der Waals surface area contributed by atoms with Crippen molar-refractivity contribution in [1.82, 2.24) is 15.5 Å². The Morgan fingerprint density at radius 1 is 1.00 bits per heavy atom. The number of nitrogens with one attached hydrogen (secondary N) is 2. The average molecular weight is 458 g/mol. The minimum atomic E-state index is -0.927. The van der Waals surface area contributed by atoms with Gasteiger partial charge in [-0.1, -0.05) is 30.3 Å². The van der Waals surface area contributed by atoms with Crippen LogP contribution >= 0.6 is 0 Å². The van der Waals surface area contributed by atoms with Crippen LogP contribution in [0.25, 0.3) is 0 Å². The Balaban J connectivity index is 2.37. The molecule has 1 atom stereocenters. The maximum absolute atomic E-state index is 13.4. The number of carbonyl (C=O) groups excluding carboxylic acids is 3. The van der Waals surface area contributed by atoms with Crippen molar-refractivity contribution in [3.63, 3.8) is 0 Å². The van der Waals surface area contributed by atoms with Gasteiger partial charge in [0.25, 0.3) is 0 Å². The summed E-state index contributed by atoms with van der Waals surface area (Å²) in [6, 6.07) is 11.7. The molecule has 2 N–H and O–H groups in total. The predicted octanol–water partition coefficient (Wildman–Crippen LogP) is 4.10. The molecule has 2 aromatic rings. The van der Waals surface area contributed by atoms with Gasteiger partial charge in [0.2, 0.25) is 11.8 Å². The largest absolute Gasteiger partial charge is 0.464 e. The van der Waals surface area contributed by atoms with E-state index in [2.05, 4.69) is 10.6 Å². The highest BCUT2D eigenvalue weighted by atomic mass is 16.6. The Morgan fingerprint density at radius 2 is 1.64 bits per heavy atom. The molecule has 0 aliphatic rings. The van der Waals surface area contributed by atoms with Gasteiger partial charge < -0.3 is 24.7 Å². The molecule has 8 heteroatoms. The second kappa shape index (κ2) is 10.6. The molecule has 33 heavy (non-hydrogen) atoms. The zero-order valence-electron chi connectivity index (χ0n) is 20.5. The Bertz CT molecular complexity index is 954. The number of alkyl carbamates (subject to hydrolysis) is 1. The molecule has 8 nitrogen and oxygen atoms in total. The van der Waals surface area contributed by atoms with Crippen LogP contribution in [0.15, 0.2) is 46.9 Å². The van der Waals surface area contributed by atoms with Gasteiger partial charge in [-0.15, -0.1) is 0 Å². The van der Waals surface area contributed by atoms with Gasteiger partial charge in [-0.2, -0.15) is 0 Å². The van der Waals surface area contributed by atoms with E-state index >= 15 is 0 Å². The maximum Gasteiger partial charge on any atom is 0.408 e. The van der Waals surface area contributed by atoms with Gasteiger partial charge in [0.05, 0.1) is 6.54 Å². The number of ether oxygens (including phenoxy) is 1. The fourth-order valence-electron chi connectivity index (χ4n) is 3.17. The first-order valence-electron chi connectivity index (χ1n) is 10.9. The minimum Gasteiger partial charge on any atom is -0.464 e. The van der Waals surface area contributed by atoms with E-state index in [1.54, 1.807) is 52.0 Å². The predicted molar refractivity (Wildman–Crippen MR) is 125 cm³/mol. The summed E-state index contributed by atoms with van der Waals surface area (Å²) in [4.78, 5) is 40.2. The summed E-state index contributed by atoms with van der Waals surface area (Å²) in [5.74, 6) is 0.442. The van der Waals surface area contributed by atoms with Crippen molar-refractivity contribution < 1.29 is 23.5 Å². The number of hydrogen-bond acceptors (Lipinski definition) is 5. The van der Waals surface area contributed by atoms with Crippen LogP contribution in [0, 0.1) is 6.92 Å². The molecule has 0 saturated heterocycles. The molecule has 0 radical (unpaired) electrons. The Kier molecular flexibility index (Phi) is 8.30. The lowest BCUT2D eigenvalue weighted by Gasteiger charge is -2.33. The Hall–Kier alpha value is -3.29. The number of carbonyl (C=O) groups is 3. The van der Waals surface area contributed by atoms with Gasteiger partial charge in [0.1, 0.15) is 29.7 Å². The van der Waals surface area contributed by atoms with Gasteiger partial charge in [-0.25, -0.2) is 4.79 Å². The van der Waals surface area contributed by atoms with Gasteiger partial charge >= 0.3 is 6.09 Å². The number of furan rings is 1. The highest BCUT2D eigenvalue weighted by Crippen LogP contribution is 2.25. The first kappa shape index (κ1) is 26.0. The fraction of sp³-hybridized carbons (Fsp3) is 0.480. The normalized spacial score (nSPS) is 12.6. The van der Waals surface area contributed by atoms with Crippen molar-refractivity contribution in [1.29, 1.82) is 0 Å². The Morgan fingerprint density at radius 3 is 2.15 bits per heavy atom. The lowest BCUT2D eigenvalue weighted by molar-refractivity contribution is -0.141. The first-order valence-corrected chi connectivity index (χ1v) is 10.9. The van der Waals surface area contributed by atoms with Crippen molar-refractivity contribution in [2.45, 2.75) is 72.2 Å². The number of hydrogen-bond donors (Lipinski definition) is 2. The SMILES string of the molecule is Cc1ccc(CN(C(=O)CNC(=O)OC(C)(C)C)C(C(=O)NC(C)(C)C)c2ccccc2)o1. The summed E-state index contributed by atoms with van der Waals surface area (Å²) < 4.78 is 10.9. The lowest BCUT2D eigenvalue weighted by atomic mass is 10.0. The molecule has 1 heterocycles. The third kappa shape index (κ3) is 8.63. The summed E-state index contributed by atoms with van der Waals surface area (Å²) >= 11 is 0. The second-order valence-electron chi connectivity index (χ2n) is 9.94. The van der Waals surface area contributed by atoms with Crippen molar-refractivity contribution in [2.75, 3.05) is 6.54 Å². The zero-order chi connectivity index (χ0) is 24.8. The van der Waals surface area contributed by atoms with Gasteiger partial charge in [0, 0.05) is 5.54 Å². The van der Waals surface area contributed by atoms with E-state index in [1.807, 2.05) is 39.0 Å². The maximum atomic E-state index is 13.4. The molecular formula is C25H35N3O5. The smallest absolute Gasteiger partial charge is 0.408 e. The standard InChI is InChI=1S/C25H35N3O5/c1-17-13-14-19(32-17)16-28(20(29)15-26-23(31)33-25(5,6)7)21(18-11-9-8-10-12-18)22(30)27-24(2,3)4/h8-14,21H,15-16H2,1-7H3,(H,26,31)(H,27,30). The second-order valence-corrected chi connectivity index (χ2v) is 9.94. The Labute approximate surface area is 195 Å². The van der Waals surface area contributed by atoms with Gasteiger partial charge in [-0.05, 0) is 66.2 Å². The van der Waals surface area contributed by atoms with Crippen LogP contribution in [0.5, 0.6) is 0 Å². The van der Waals surface area contributed by atoms with E-state index in [4.69, 9.17) is 9.15 Å². The highest BCUT2D eigenvalue weighted by Gasteiger charge is 2.34. The molecule has 0 bridgehead atoms. The van der Waals surface area contributed by atoms with Crippen molar-refractivity contribution >= 4 is 17.9 Å². The van der Waals surface area contributed by atoms with E-state index in [9.17, 15) is 14.4 Å². The van der Waals surface area contributed by atoms with E-state index in [1.165, 1.54) is 4.90 Å². The van der Waals surface area contributed by atoms with Crippen molar-refractivity contribution in [3.8, 4) is 0 Å². The molecule has 2 rings (SSSR count). The fourth-order valence-corrected chi connectivity index (χ4v) is 3.17. The van der Waals surface area contributed by atoms with Crippen LogP contribution in [0.4, 0.5) is 4.79 Å². The van der Waals surface area contributed by atoms with Crippen LogP contribution in [0.2, 0.25) is 0 Å². The molecule has 0 fully saturated rings. The third-order valence-corrected chi connectivity index (χ3v) is 4.40. The molecule has 3 amide bonds. The van der Waals surface area contributed by atoms with Crippen LogP contribution in [-0.4, -0.2) is 40.5 Å². The van der Waals surface area contributed by atoms with Crippen LogP contribution in [0.1, 0.15) is 64.7 Å². The van der Waals surface area contributed by atoms with Gasteiger partial charge in [0.15, 0.2) is 0 Å². The zero-order valence-corrected chi connectivity index (χ0v) is 20.5. The highest BCUT2D eigenvalue weighted by molar-refractivity contribution is 5.90. The number of benzene rings is 1. The summed E-state index contributed by atoms with van der Waals surface area (Å²) in [6.07, 6.45) is -0.708. The van der Waals surface area contributed by atoms with E-state index in [0.717, 1.165) is 0 Å². The topological polar surface area (TPSA) is 101 Å². The molecule has 1 aromatic heterocycles. The summed E-state index contributed by atoms with van der Waals surface area (Å²) in [5, 5.41) is 5.45. The third-order valence-electron chi connectivity index (χ3n) is 4.40. The van der Waals surface area contributed by atoms with E-state index < -0.39 is 29.2 Å². The molecule has 0 spiro atoms. The summed E-state index contributed by atoms with van der Waals surface area (Å²) in [6.45, 7) is 12.4. The first-order chi connectivity index (χ1) is 15.2. The minimum absolute atomic E-state index is 0.0554. The summed E-state index contributed by atoms with van der Waals surface area (Å²) in [7, 11) is 0. The molecular weight excluding hydrogens is 422 g/mol. The van der Waals surface area contributed by atoms with E-state index in [0.29, 0.717) is 17.1 Å². The average Bonchev–Trinajstić information content (AvgIpc) is 3.08. The quantitative estimate of drug-likeness (QED) is 0.652. The van der Waals surface area contributed by atoms with Crippen molar-refractivity contribution in [2.24, 2.45) is 0 Å². The molecule has 0 aliphatic heterocycles. The van der Waals surface area contributed by atoms with Crippen LogP contribution < -0.4 is 10.6 Å². The number of nitrogens with zero attached hydrogens (tertiary/aromatic N) is 1. The molecule has 0 saturated carbocycles. The molecule has 1 aromatic carbocycles. The molecule has 180 valence electrons. The summed E-state index contributed by atoms with van der Waals surface area (Å²) in [5.41, 5.74) is -0.555. The van der Waals surface area contributed by atoms with Crippen LogP contribution in [-0.2, 0) is 20.9 Å². The molecule has 1 unspecified atom stereocenters. The van der Waals surface area contributed by atoms with Crippen LogP contribution in [0.3, 0.4) is 0 Å². The number of rotatable bonds is 7. The van der Waals surface area contributed by atoms with Crippen molar-refractivity contribution in [3.05, 3.63) is 59.5 Å². The lowest BCUT2D eigenvalue weighted by Crippen LogP contribution is -2.51. The number of aryl methyl sites for hydroxylation is 1. The van der Waals surface area contributed by atoms with E-state index in [-0.39, 0.29) is 19.0 Å².